The topological polar surface area (TPSA) is 0 Å². The van der Waals surface area contributed by atoms with Crippen molar-refractivity contribution in [2.45, 2.75) is 75.2 Å². The lowest BCUT2D eigenvalue weighted by Gasteiger charge is -2.24. The maximum absolute atomic E-state index is 2.39. The first kappa shape index (κ1) is 17.3. The normalized spacial score (nSPS) is 13.6. The van der Waals surface area contributed by atoms with Crippen LogP contribution in [0, 0.1) is 61.3 Å². The Kier molecular flexibility index (Phi) is 3.94. The number of hydrogen-bond acceptors (Lipinski definition) is 0. The van der Waals surface area contributed by atoms with Gasteiger partial charge in [0.25, 0.3) is 0 Å². The van der Waals surface area contributed by atoms with Crippen LogP contribution in [0.5, 0.6) is 0 Å². The van der Waals surface area contributed by atoms with E-state index in [-0.39, 0.29) is 0 Å². The predicted molar refractivity (Wildman–Crippen MR) is 106 cm³/mol. The predicted octanol–water partition coefficient (Wildman–Crippen LogP) is 6.92. The Hall–Kier alpha value is -1.56. The molecule has 0 spiro atoms. The molecule has 0 N–H and O–H groups in total. The van der Waals surface area contributed by atoms with E-state index in [0.29, 0.717) is 11.8 Å². The van der Waals surface area contributed by atoms with Crippen LogP contribution in [-0.4, -0.2) is 0 Å². The molecular formula is C24H32. The lowest BCUT2D eigenvalue weighted by Crippen LogP contribution is -2.10. The van der Waals surface area contributed by atoms with Gasteiger partial charge in [-0.3, -0.25) is 0 Å². The molecule has 0 amide bonds. The minimum atomic E-state index is 0.533. The first-order valence-corrected chi connectivity index (χ1v) is 9.32. The van der Waals surface area contributed by atoms with Gasteiger partial charge in [-0.2, -0.15) is 0 Å². The lowest BCUT2D eigenvalue weighted by molar-refractivity contribution is 0.568. The van der Waals surface area contributed by atoms with Gasteiger partial charge in [-0.25, -0.2) is 0 Å². The van der Waals surface area contributed by atoms with Gasteiger partial charge in [0.2, 0.25) is 0 Å². The molecule has 1 aliphatic rings. The van der Waals surface area contributed by atoms with Crippen LogP contribution >= 0.6 is 0 Å². The molecule has 0 saturated carbocycles. The third kappa shape index (κ3) is 1.98. The summed E-state index contributed by atoms with van der Waals surface area (Å²) in [7, 11) is 0. The Bertz CT molecular complexity index is 794. The molecule has 3 rings (SSSR count). The molecule has 24 heavy (non-hydrogen) atoms. The van der Waals surface area contributed by atoms with Crippen molar-refractivity contribution in [1.82, 2.24) is 0 Å². The maximum atomic E-state index is 2.39. The van der Waals surface area contributed by atoms with Crippen molar-refractivity contribution in [2.75, 3.05) is 0 Å². The summed E-state index contributed by atoms with van der Waals surface area (Å²) in [6, 6.07) is 0. The van der Waals surface area contributed by atoms with E-state index in [4.69, 9.17) is 0 Å². The molecule has 2 aromatic carbocycles. The Morgan fingerprint density at radius 3 is 1.04 bits per heavy atom. The van der Waals surface area contributed by atoms with Gasteiger partial charge in [0.1, 0.15) is 0 Å². The van der Waals surface area contributed by atoms with Crippen LogP contribution < -0.4 is 0 Å². The summed E-state index contributed by atoms with van der Waals surface area (Å²) in [5.41, 5.74) is 18.2. The monoisotopic (exact) mass is 320 g/mol. The van der Waals surface area contributed by atoms with E-state index in [1.807, 2.05) is 0 Å². The Morgan fingerprint density at radius 2 is 0.750 bits per heavy atom. The van der Waals surface area contributed by atoms with Crippen molar-refractivity contribution >= 4 is 0 Å². The third-order valence-electron chi connectivity index (χ3n) is 7.01. The number of hydrogen-bond donors (Lipinski definition) is 0. The summed E-state index contributed by atoms with van der Waals surface area (Å²) in [5.74, 6) is 1.15. The van der Waals surface area contributed by atoms with E-state index in [1.165, 1.54) is 44.5 Å². The number of rotatable bonds is 1. The molecule has 0 saturated heterocycles. The standard InChI is InChI=1S/C24H32/c1-11(2)20-21-16(7)12(3)14(5)18(9)23(21)24-19(10)15(6)13(4)17(8)22(20)24/h11,20H,1-10H3. The fraction of sp³-hybridized carbons (Fsp3) is 0.500. The zero-order valence-corrected chi connectivity index (χ0v) is 17.2. The smallest absolute Gasteiger partial charge is 0.0130 e. The molecule has 0 unspecified atom stereocenters. The van der Waals surface area contributed by atoms with Crippen molar-refractivity contribution < 1.29 is 0 Å². The zero-order valence-electron chi connectivity index (χ0n) is 17.2. The van der Waals surface area contributed by atoms with Crippen LogP contribution in [0.25, 0.3) is 11.1 Å². The molecule has 0 aliphatic heterocycles. The SMILES string of the molecule is Cc1c(C)c(C)c2c(c1C)-c1c(C)c(C)c(C)c(C)c1C2C(C)C. The summed E-state index contributed by atoms with van der Waals surface area (Å²) in [6.45, 7) is 23.3. The van der Waals surface area contributed by atoms with E-state index < -0.39 is 0 Å². The Morgan fingerprint density at radius 1 is 0.458 bits per heavy atom. The molecule has 0 heterocycles. The molecule has 0 nitrogen and oxygen atoms in total. The van der Waals surface area contributed by atoms with Crippen molar-refractivity contribution in [3.63, 3.8) is 0 Å². The van der Waals surface area contributed by atoms with Crippen LogP contribution in [-0.2, 0) is 0 Å². The summed E-state index contributed by atoms with van der Waals surface area (Å²) >= 11 is 0. The van der Waals surface area contributed by atoms with Gasteiger partial charge >= 0.3 is 0 Å². The molecule has 2 aromatic rings. The summed E-state index contributed by atoms with van der Waals surface area (Å²) in [5, 5.41) is 0. The van der Waals surface area contributed by atoms with E-state index in [0.717, 1.165) is 0 Å². The molecular weight excluding hydrogens is 288 g/mol. The Labute approximate surface area is 148 Å². The first-order valence-electron chi connectivity index (χ1n) is 9.32. The molecule has 0 radical (unpaired) electrons. The van der Waals surface area contributed by atoms with Gasteiger partial charge in [0.15, 0.2) is 0 Å². The molecule has 1 aliphatic carbocycles. The minimum Gasteiger partial charge on any atom is -0.0619 e. The van der Waals surface area contributed by atoms with Crippen molar-refractivity contribution in [3.8, 4) is 11.1 Å². The van der Waals surface area contributed by atoms with Crippen molar-refractivity contribution in [1.29, 1.82) is 0 Å². The van der Waals surface area contributed by atoms with Crippen LogP contribution in [0.1, 0.15) is 75.4 Å². The van der Waals surface area contributed by atoms with Crippen LogP contribution in [0.15, 0.2) is 0 Å². The lowest BCUT2D eigenvalue weighted by atomic mass is 9.80. The third-order valence-corrected chi connectivity index (χ3v) is 7.01. The number of fused-ring (bicyclic) bond motifs is 3. The molecule has 128 valence electrons. The van der Waals surface area contributed by atoms with E-state index >= 15 is 0 Å². The van der Waals surface area contributed by atoms with Crippen LogP contribution in [0.2, 0.25) is 0 Å². The van der Waals surface area contributed by atoms with Gasteiger partial charge in [-0.05, 0) is 128 Å². The van der Waals surface area contributed by atoms with Gasteiger partial charge < -0.3 is 0 Å². The van der Waals surface area contributed by atoms with Gasteiger partial charge in [-0.1, -0.05) is 13.8 Å². The first-order chi connectivity index (χ1) is 11.1. The maximum Gasteiger partial charge on any atom is 0.0130 e. The zero-order chi connectivity index (χ0) is 18.1. The van der Waals surface area contributed by atoms with Crippen molar-refractivity contribution in [2.24, 2.45) is 5.92 Å². The molecule has 0 bridgehead atoms. The highest BCUT2D eigenvalue weighted by Crippen LogP contribution is 2.55. The summed E-state index contributed by atoms with van der Waals surface area (Å²) in [6.07, 6.45) is 0. The van der Waals surface area contributed by atoms with Crippen LogP contribution in [0.4, 0.5) is 0 Å². The molecule has 0 fully saturated rings. The summed E-state index contributed by atoms with van der Waals surface area (Å²) < 4.78 is 0. The van der Waals surface area contributed by atoms with E-state index in [1.54, 1.807) is 22.3 Å². The number of benzene rings is 2. The average Bonchev–Trinajstić information content (AvgIpc) is 2.90. The molecule has 0 heteroatoms. The van der Waals surface area contributed by atoms with E-state index in [2.05, 4.69) is 69.2 Å². The van der Waals surface area contributed by atoms with Gasteiger partial charge in [0, 0.05) is 5.92 Å². The Balaban J connectivity index is 2.59. The van der Waals surface area contributed by atoms with E-state index in [9.17, 15) is 0 Å². The second-order valence-corrected chi connectivity index (χ2v) is 8.30. The highest BCUT2D eigenvalue weighted by atomic mass is 14.4. The molecule has 0 aromatic heterocycles. The van der Waals surface area contributed by atoms with Gasteiger partial charge in [0.05, 0.1) is 0 Å². The average molecular weight is 321 g/mol. The van der Waals surface area contributed by atoms with Crippen LogP contribution in [0.3, 0.4) is 0 Å². The quantitative estimate of drug-likeness (QED) is 0.535. The minimum absolute atomic E-state index is 0.533. The largest absolute Gasteiger partial charge is 0.0619 e. The highest BCUT2D eigenvalue weighted by molar-refractivity contribution is 5.88. The fourth-order valence-electron chi connectivity index (χ4n) is 4.92. The summed E-state index contributed by atoms with van der Waals surface area (Å²) in [4.78, 5) is 0. The van der Waals surface area contributed by atoms with Gasteiger partial charge in [-0.15, -0.1) is 0 Å². The highest BCUT2D eigenvalue weighted by Gasteiger charge is 2.37. The molecule has 0 atom stereocenters. The van der Waals surface area contributed by atoms with Crippen molar-refractivity contribution in [3.05, 3.63) is 55.6 Å². The fourth-order valence-corrected chi connectivity index (χ4v) is 4.92. The second kappa shape index (κ2) is 5.48. The second-order valence-electron chi connectivity index (χ2n) is 8.30.